The maximum atomic E-state index is 11.9. The summed E-state index contributed by atoms with van der Waals surface area (Å²) < 4.78 is 26.0. The first-order valence-corrected chi connectivity index (χ1v) is 8.52. The average molecular weight is 268 g/mol. The molecule has 100 valence electrons. The van der Waals surface area contributed by atoms with E-state index in [4.69, 9.17) is 0 Å². The van der Waals surface area contributed by atoms with Crippen LogP contribution < -0.4 is 0 Å². The largest absolute Gasteiger partial charge is 0.332 e. The van der Waals surface area contributed by atoms with Gasteiger partial charge in [0.05, 0.1) is 11.0 Å². The Hall–Kier alpha value is -0.840. The third-order valence-corrected chi connectivity index (χ3v) is 6.57. The minimum Gasteiger partial charge on any atom is -0.332 e. The quantitative estimate of drug-likeness (QED) is 0.818. The van der Waals surface area contributed by atoms with Crippen molar-refractivity contribution in [3.8, 4) is 0 Å². The van der Waals surface area contributed by atoms with Crippen LogP contribution in [-0.2, 0) is 29.2 Å². The second kappa shape index (κ2) is 4.37. The van der Waals surface area contributed by atoms with Gasteiger partial charge in [0.25, 0.3) is 0 Å². The number of nitrogens with zero attached hydrogens (tertiary/aromatic N) is 2. The molecule has 2 aliphatic rings. The van der Waals surface area contributed by atoms with Gasteiger partial charge in [0, 0.05) is 24.9 Å². The summed E-state index contributed by atoms with van der Waals surface area (Å²) in [4.78, 5) is 4.46. The van der Waals surface area contributed by atoms with E-state index in [0.29, 0.717) is 12.2 Å². The predicted molar refractivity (Wildman–Crippen MR) is 70.2 cm³/mol. The lowest BCUT2D eigenvalue weighted by atomic mass is 9.98. The van der Waals surface area contributed by atoms with Crippen LogP contribution in [0.2, 0.25) is 0 Å². The molecular weight excluding hydrogens is 248 g/mol. The number of fused-ring (bicyclic) bond motifs is 1. The maximum Gasteiger partial charge on any atom is 0.153 e. The number of aromatic nitrogens is 2. The smallest absolute Gasteiger partial charge is 0.153 e. The van der Waals surface area contributed by atoms with Gasteiger partial charge < -0.3 is 4.57 Å². The summed E-state index contributed by atoms with van der Waals surface area (Å²) in [5.41, 5.74) is 1.28. The van der Waals surface area contributed by atoms with Crippen molar-refractivity contribution in [3.63, 3.8) is 0 Å². The summed E-state index contributed by atoms with van der Waals surface area (Å²) in [6, 6.07) is 0. The molecule has 0 aromatic carbocycles. The van der Waals surface area contributed by atoms with Crippen molar-refractivity contribution in [1.82, 2.24) is 9.55 Å². The number of sulfone groups is 1. The second-order valence-corrected chi connectivity index (χ2v) is 8.15. The van der Waals surface area contributed by atoms with Gasteiger partial charge in [-0.15, -0.1) is 0 Å². The lowest BCUT2D eigenvalue weighted by Gasteiger charge is -2.22. The summed E-state index contributed by atoms with van der Waals surface area (Å²) >= 11 is 0. The van der Waals surface area contributed by atoms with E-state index in [1.165, 1.54) is 12.1 Å². The zero-order chi connectivity index (χ0) is 12.8. The number of rotatable bonds is 2. The lowest BCUT2D eigenvalue weighted by Crippen LogP contribution is -2.23. The normalized spacial score (nSPS) is 30.3. The van der Waals surface area contributed by atoms with Crippen LogP contribution in [0.5, 0.6) is 0 Å². The minimum atomic E-state index is -2.85. The SMILES string of the molecule is CC1CCn2c(cnc2CC2CCCS2(=O)=O)C1. The molecule has 0 N–H and O–H groups in total. The van der Waals surface area contributed by atoms with Crippen molar-refractivity contribution in [1.29, 1.82) is 0 Å². The fourth-order valence-electron chi connectivity index (χ4n) is 3.15. The van der Waals surface area contributed by atoms with Crippen LogP contribution >= 0.6 is 0 Å². The molecule has 1 aromatic rings. The molecule has 0 amide bonds. The van der Waals surface area contributed by atoms with E-state index in [9.17, 15) is 8.42 Å². The van der Waals surface area contributed by atoms with Crippen LogP contribution in [0.25, 0.3) is 0 Å². The van der Waals surface area contributed by atoms with Crippen molar-refractivity contribution in [2.45, 2.75) is 50.8 Å². The molecule has 2 aliphatic heterocycles. The summed E-state index contributed by atoms with van der Waals surface area (Å²) in [6.45, 7) is 3.26. The van der Waals surface area contributed by atoms with E-state index in [1.807, 2.05) is 6.20 Å². The first kappa shape index (κ1) is 12.2. The highest BCUT2D eigenvalue weighted by molar-refractivity contribution is 7.92. The predicted octanol–water partition coefficient (Wildman–Crippen LogP) is 1.59. The average Bonchev–Trinajstić information content (AvgIpc) is 2.84. The van der Waals surface area contributed by atoms with E-state index in [2.05, 4.69) is 16.5 Å². The molecule has 0 aliphatic carbocycles. The molecule has 0 spiro atoms. The van der Waals surface area contributed by atoms with Gasteiger partial charge in [0.2, 0.25) is 0 Å². The van der Waals surface area contributed by atoms with Crippen LogP contribution in [0.4, 0.5) is 0 Å². The Balaban J connectivity index is 1.82. The third kappa shape index (κ3) is 2.09. The molecule has 0 saturated carbocycles. The van der Waals surface area contributed by atoms with Crippen molar-refractivity contribution in [2.75, 3.05) is 5.75 Å². The Morgan fingerprint density at radius 2 is 2.28 bits per heavy atom. The van der Waals surface area contributed by atoms with Gasteiger partial charge in [-0.1, -0.05) is 6.92 Å². The van der Waals surface area contributed by atoms with E-state index >= 15 is 0 Å². The highest BCUT2D eigenvalue weighted by Gasteiger charge is 2.33. The van der Waals surface area contributed by atoms with Gasteiger partial charge in [0.15, 0.2) is 9.84 Å². The molecule has 0 radical (unpaired) electrons. The molecule has 1 aromatic heterocycles. The summed E-state index contributed by atoms with van der Waals surface area (Å²) in [5, 5.41) is -0.191. The standard InChI is InChI=1S/C13H20N2O2S/c1-10-4-5-15-11(7-10)9-14-13(15)8-12-3-2-6-18(12,16)17/h9-10,12H,2-8H2,1H3. The third-order valence-electron chi connectivity index (χ3n) is 4.30. The van der Waals surface area contributed by atoms with Gasteiger partial charge in [-0.25, -0.2) is 13.4 Å². The number of imidazole rings is 1. The first-order chi connectivity index (χ1) is 8.56. The molecule has 5 heteroatoms. The highest BCUT2D eigenvalue weighted by atomic mass is 32.2. The Kier molecular flexibility index (Phi) is 2.96. The Morgan fingerprint density at radius 1 is 1.44 bits per heavy atom. The van der Waals surface area contributed by atoms with Crippen molar-refractivity contribution < 1.29 is 8.42 Å². The number of hydrogen-bond acceptors (Lipinski definition) is 3. The molecule has 3 heterocycles. The van der Waals surface area contributed by atoms with Gasteiger partial charge >= 0.3 is 0 Å². The molecule has 4 nitrogen and oxygen atoms in total. The van der Waals surface area contributed by atoms with E-state index in [0.717, 1.165) is 37.5 Å². The van der Waals surface area contributed by atoms with Crippen molar-refractivity contribution >= 4 is 9.84 Å². The first-order valence-electron chi connectivity index (χ1n) is 6.81. The van der Waals surface area contributed by atoms with Gasteiger partial charge in [-0.05, 0) is 31.6 Å². The summed E-state index contributed by atoms with van der Waals surface area (Å²) in [7, 11) is -2.85. The van der Waals surface area contributed by atoms with Crippen LogP contribution in [0.1, 0.15) is 37.7 Å². The second-order valence-electron chi connectivity index (χ2n) is 5.75. The molecule has 18 heavy (non-hydrogen) atoms. The Labute approximate surface area is 108 Å². The molecule has 1 fully saturated rings. The molecule has 1 saturated heterocycles. The Bertz CT molecular complexity index is 547. The fourth-order valence-corrected chi connectivity index (χ4v) is 4.98. The topological polar surface area (TPSA) is 52.0 Å². The number of hydrogen-bond donors (Lipinski definition) is 0. The highest BCUT2D eigenvalue weighted by Crippen LogP contribution is 2.26. The van der Waals surface area contributed by atoms with Crippen LogP contribution in [0.3, 0.4) is 0 Å². The van der Waals surface area contributed by atoms with Gasteiger partial charge in [-0.2, -0.15) is 0 Å². The van der Waals surface area contributed by atoms with Gasteiger partial charge in [0.1, 0.15) is 5.82 Å². The zero-order valence-electron chi connectivity index (χ0n) is 10.8. The molecule has 0 bridgehead atoms. The van der Waals surface area contributed by atoms with E-state index in [-0.39, 0.29) is 5.25 Å². The molecular formula is C13H20N2O2S. The monoisotopic (exact) mass is 268 g/mol. The van der Waals surface area contributed by atoms with Crippen LogP contribution in [-0.4, -0.2) is 29.0 Å². The summed E-state index contributed by atoms with van der Waals surface area (Å²) in [6.07, 6.45) is 6.42. The summed E-state index contributed by atoms with van der Waals surface area (Å²) in [5.74, 6) is 2.06. The van der Waals surface area contributed by atoms with Gasteiger partial charge in [-0.3, -0.25) is 0 Å². The zero-order valence-corrected chi connectivity index (χ0v) is 11.6. The lowest BCUT2D eigenvalue weighted by molar-refractivity contribution is 0.407. The van der Waals surface area contributed by atoms with Crippen LogP contribution in [0, 0.1) is 5.92 Å². The molecule has 2 unspecified atom stereocenters. The minimum absolute atomic E-state index is 0.191. The maximum absolute atomic E-state index is 11.9. The van der Waals surface area contributed by atoms with Crippen LogP contribution in [0.15, 0.2) is 6.20 Å². The molecule has 3 rings (SSSR count). The van der Waals surface area contributed by atoms with E-state index in [1.54, 1.807) is 0 Å². The molecule has 2 atom stereocenters. The van der Waals surface area contributed by atoms with Crippen molar-refractivity contribution in [3.05, 3.63) is 17.7 Å². The Morgan fingerprint density at radius 3 is 3.00 bits per heavy atom. The van der Waals surface area contributed by atoms with E-state index < -0.39 is 9.84 Å². The fraction of sp³-hybridized carbons (Fsp3) is 0.769. The van der Waals surface area contributed by atoms with Crippen molar-refractivity contribution in [2.24, 2.45) is 5.92 Å².